The molecule has 39 heavy (non-hydrogen) atoms. The molecule has 8 heteroatoms. The molecule has 0 radical (unpaired) electrons. The summed E-state index contributed by atoms with van der Waals surface area (Å²) in [5, 5.41) is 30.3. The molecule has 0 fully saturated rings. The topological polar surface area (TPSA) is 101 Å². The highest BCUT2D eigenvalue weighted by Crippen LogP contribution is 2.49. The van der Waals surface area contributed by atoms with Crippen LogP contribution in [0.4, 0.5) is 11.4 Å². The smallest absolute Gasteiger partial charge is 0.268 e. The first kappa shape index (κ1) is 26.3. The number of methoxy groups -OCH3 is 1. The molecule has 3 aromatic carbocycles. The third-order valence-electron chi connectivity index (χ3n) is 7.31. The van der Waals surface area contributed by atoms with Crippen molar-refractivity contribution < 1.29 is 19.7 Å². The van der Waals surface area contributed by atoms with E-state index in [1.54, 1.807) is 28.8 Å². The number of ether oxygens (including phenoxy) is 1. The van der Waals surface area contributed by atoms with Crippen LogP contribution in [0.25, 0.3) is 0 Å². The monoisotopic (exact) mass is 524 g/mol. The Labute approximate surface area is 227 Å². The Hall–Kier alpha value is -4.27. The molecular weight excluding hydrogens is 492 g/mol. The fraction of sp³-hybridized carbons (Fsp3) is 0.258. The fourth-order valence-electron chi connectivity index (χ4n) is 5.09. The van der Waals surface area contributed by atoms with Gasteiger partial charge in [0.05, 0.1) is 31.0 Å². The number of amides is 1. The molecule has 2 heterocycles. The van der Waals surface area contributed by atoms with Crippen LogP contribution in [0.5, 0.6) is 5.75 Å². The SMILES string of the molecule is COc1ccc2c(c1)[C@@](O)([C@H](C)/C=C/CCn1cc(C(CO)c3ccccc3)nn1)C(=O)N2c1ccccc1. The van der Waals surface area contributed by atoms with E-state index in [0.29, 0.717) is 41.3 Å². The molecular formula is C31H32N4O4. The number of benzene rings is 3. The Morgan fingerprint density at radius 3 is 2.46 bits per heavy atom. The van der Waals surface area contributed by atoms with Gasteiger partial charge in [-0.15, -0.1) is 5.10 Å². The Bertz CT molecular complexity index is 1450. The summed E-state index contributed by atoms with van der Waals surface area (Å²) in [7, 11) is 1.56. The van der Waals surface area contributed by atoms with Crippen molar-refractivity contribution in [3.05, 3.63) is 114 Å². The zero-order valence-corrected chi connectivity index (χ0v) is 22.0. The molecule has 3 atom stereocenters. The summed E-state index contributed by atoms with van der Waals surface area (Å²) in [6, 6.07) is 24.4. The van der Waals surface area contributed by atoms with Gasteiger partial charge in [0.2, 0.25) is 0 Å². The number of hydrogen-bond acceptors (Lipinski definition) is 6. The van der Waals surface area contributed by atoms with E-state index < -0.39 is 17.4 Å². The maximum absolute atomic E-state index is 13.8. The minimum absolute atomic E-state index is 0.0566. The number of aryl methyl sites for hydroxylation is 1. The number of para-hydroxylation sites is 1. The van der Waals surface area contributed by atoms with E-state index in [9.17, 15) is 15.0 Å². The zero-order valence-electron chi connectivity index (χ0n) is 22.0. The van der Waals surface area contributed by atoms with Crippen LogP contribution in [0, 0.1) is 5.92 Å². The first-order chi connectivity index (χ1) is 19.0. The number of aliphatic hydroxyl groups is 2. The van der Waals surface area contributed by atoms with Crippen molar-refractivity contribution in [3.63, 3.8) is 0 Å². The number of allylic oxidation sites excluding steroid dienone is 1. The van der Waals surface area contributed by atoms with Crippen LogP contribution in [0.1, 0.15) is 36.1 Å². The third kappa shape index (κ3) is 4.96. The second-order valence-electron chi connectivity index (χ2n) is 9.68. The molecule has 1 aliphatic rings. The van der Waals surface area contributed by atoms with Crippen molar-refractivity contribution in [1.82, 2.24) is 15.0 Å². The Morgan fingerprint density at radius 1 is 1.05 bits per heavy atom. The molecule has 5 rings (SSSR count). The standard InChI is InChI=1S/C31H32N4O4/c1-22(11-9-10-18-34-20-28(32-33-34)26(21-36)23-12-5-3-6-13-23)31(38)27-19-25(39-2)16-17-29(27)35(30(31)37)24-14-7-4-8-15-24/h3-9,11-17,19-20,22,26,36,38H,10,18,21H2,1-2H3/b11-9+/t22-,26?,31+/m1/s1. The molecule has 1 amide bonds. The number of anilines is 2. The minimum Gasteiger partial charge on any atom is -0.497 e. The molecule has 0 saturated heterocycles. The Balaban J connectivity index is 1.32. The van der Waals surface area contributed by atoms with Gasteiger partial charge in [-0.25, -0.2) is 0 Å². The van der Waals surface area contributed by atoms with Gasteiger partial charge in [0.25, 0.3) is 5.91 Å². The predicted molar refractivity (Wildman–Crippen MR) is 149 cm³/mol. The van der Waals surface area contributed by atoms with Gasteiger partial charge >= 0.3 is 0 Å². The summed E-state index contributed by atoms with van der Waals surface area (Å²) in [6.45, 7) is 2.35. The zero-order chi connectivity index (χ0) is 27.4. The Kier molecular flexibility index (Phi) is 7.58. The Morgan fingerprint density at radius 2 is 1.77 bits per heavy atom. The van der Waals surface area contributed by atoms with E-state index in [2.05, 4.69) is 10.3 Å². The van der Waals surface area contributed by atoms with Crippen LogP contribution < -0.4 is 9.64 Å². The molecule has 200 valence electrons. The molecule has 1 unspecified atom stereocenters. The normalized spacial score (nSPS) is 18.4. The molecule has 0 saturated carbocycles. The van der Waals surface area contributed by atoms with Crippen LogP contribution in [-0.4, -0.2) is 44.8 Å². The largest absolute Gasteiger partial charge is 0.497 e. The van der Waals surface area contributed by atoms with Gasteiger partial charge in [-0.3, -0.25) is 14.4 Å². The number of nitrogens with zero attached hydrogens (tertiary/aromatic N) is 4. The summed E-state index contributed by atoms with van der Waals surface area (Å²) < 4.78 is 7.14. The van der Waals surface area contributed by atoms with Crippen molar-refractivity contribution in [3.8, 4) is 5.75 Å². The predicted octanol–water partition coefficient (Wildman–Crippen LogP) is 4.56. The summed E-state index contributed by atoms with van der Waals surface area (Å²) in [6.07, 6.45) is 6.29. The number of aliphatic hydroxyl groups excluding tert-OH is 1. The second-order valence-corrected chi connectivity index (χ2v) is 9.68. The van der Waals surface area contributed by atoms with E-state index >= 15 is 0 Å². The number of carbonyl (C=O) groups is 1. The maximum Gasteiger partial charge on any atom is 0.268 e. The highest BCUT2D eigenvalue weighted by molar-refractivity contribution is 6.12. The lowest BCUT2D eigenvalue weighted by Gasteiger charge is -2.27. The van der Waals surface area contributed by atoms with Crippen molar-refractivity contribution >= 4 is 17.3 Å². The summed E-state index contributed by atoms with van der Waals surface area (Å²) >= 11 is 0. The number of hydrogen-bond donors (Lipinski definition) is 2. The van der Waals surface area contributed by atoms with E-state index in [0.717, 1.165) is 5.56 Å². The van der Waals surface area contributed by atoms with Crippen LogP contribution in [0.2, 0.25) is 0 Å². The van der Waals surface area contributed by atoms with Gasteiger partial charge in [-0.1, -0.05) is 72.8 Å². The molecule has 8 nitrogen and oxygen atoms in total. The highest BCUT2D eigenvalue weighted by Gasteiger charge is 2.53. The lowest BCUT2D eigenvalue weighted by atomic mass is 9.83. The van der Waals surface area contributed by atoms with Gasteiger partial charge in [-0.05, 0) is 42.3 Å². The summed E-state index contributed by atoms with van der Waals surface area (Å²) in [5.41, 5.74) is 1.79. The summed E-state index contributed by atoms with van der Waals surface area (Å²) in [5.74, 6) is -0.564. The molecule has 1 aliphatic heterocycles. The van der Waals surface area contributed by atoms with Gasteiger partial charge in [0, 0.05) is 29.9 Å². The minimum atomic E-state index is -1.75. The van der Waals surface area contributed by atoms with Gasteiger partial charge < -0.3 is 14.9 Å². The molecule has 2 N–H and O–H groups in total. The number of carbonyl (C=O) groups excluding carboxylic acids is 1. The van der Waals surface area contributed by atoms with E-state index in [4.69, 9.17) is 4.74 Å². The molecule has 0 bridgehead atoms. The first-order valence-corrected chi connectivity index (χ1v) is 13.0. The van der Waals surface area contributed by atoms with E-state index in [-0.39, 0.29) is 12.5 Å². The lowest BCUT2D eigenvalue weighted by molar-refractivity contribution is -0.138. The average Bonchev–Trinajstić information content (AvgIpc) is 3.53. The van der Waals surface area contributed by atoms with Crippen LogP contribution in [0.15, 0.2) is 97.2 Å². The van der Waals surface area contributed by atoms with Gasteiger partial charge in [-0.2, -0.15) is 0 Å². The van der Waals surface area contributed by atoms with Crippen molar-refractivity contribution in [1.29, 1.82) is 0 Å². The first-order valence-electron chi connectivity index (χ1n) is 13.0. The van der Waals surface area contributed by atoms with Crippen LogP contribution in [0.3, 0.4) is 0 Å². The third-order valence-corrected chi connectivity index (χ3v) is 7.31. The van der Waals surface area contributed by atoms with Crippen molar-refractivity contribution in [2.24, 2.45) is 5.92 Å². The van der Waals surface area contributed by atoms with E-state index in [1.807, 2.05) is 92.0 Å². The van der Waals surface area contributed by atoms with Gasteiger partial charge in [0.15, 0.2) is 5.60 Å². The second kappa shape index (κ2) is 11.2. The number of aromatic nitrogens is 3. The highest BCUT2D eigenvalue weighted by atomic mass is 16.5. The van der Waals surface area contributed by atoms with E-state index in [1.165, 1.54) is 0 Å². The van der Waals surface area contributed by atoms with Crippen molar-refractivity contribution in [2.45, 2.75) is 31.4 Å². The van der Waals surface area contributed by atoms with Crippen LogP contribution >= 0.6 is 0 Å². The quantitative estimate of drug-likeness (QED) is 0.295. The molecule has 1 aromatic heterocycles. The number of rotatable bonds is 10. The molecule has 0 spiro atoms. The van der Waals surface area contributed by atoms with Gasteiger partial charge in [0.1, 0.15) is 5.75 Å². The molecule has 4 aromatic rings. The fourth-order valence-corrected chi connectivity index (χ4v) is 5.09. The maximum atomic E-state index is 13.8. The lowest BCUT2D eigenvalue weighted by Crippen LogP contribution is -2.42. The van der Waals surface area contributed by atoms with Crippen molar-refractivity contribution in [2.75, 3.05) is 18.6 Å². The molecule has 0 aliphatic carbocycles. The number of fused-ring (bicyclic) bond motifs is 1. The van der Waals surface area contributed by atoms with Crippen LogP contribution in [-0.2, 0) is 16.9 Å². The average molecular weight is 525 g/mol. The summed E-state index contributed by atoms with van der Waals surface area (Å²) in [4.78, 5) is 15.3.